The molecule has 0 aliphatic heterocycles. The topological polar surface area (TPSA) is 51.8 Å². The molecule has 0 saturated carbocycles. The van der Waals surface area contributed by atoms with Gasteiger partial charge in [-0.05, 0) is 31.5 Å². The SMILES string of the molecule is Cc1cc(-c2sc(CN)nc2C)ccn1. The molecule has 2 heterocycles. The van der Waals surface area contributed by atoms with E-state index in [0.717, 1.165) is 16.4 Å². The van der Waals surface area contributed by atoms with E-state index >= 15 is 0 Å². The van der Waals surface area contributed by atoms with Crippen molar-refractivity contribution in [3.8, 4) is 10.4 Å². The molecule has 2 rings (SSSR count). The van der Waals surface area contributed by atoms with Crippen LogP contribution in [0.2, 0.25) is 0 Å². The summed E-state index contributed by atoms with van der Waals surface area (Å²) in [5, 5.41) is 0.983. The zero-order chi connectivity index (χ0) is 10.8. The van der Waals surface area contributed by atoms with E-state index in [1.165, 1.54) is 10.4 Å². The second kappa shape index (κ2) is 4.08. The van der Waals surface area contributed by atoms with Crippen molar-refractivity contribution in [2.45, 2.75) is 20.4 Å². The first kappa shape index (κ1) is 10.3. The molecule has 78 valence electrons. The summed E-state index contributed by atoms with van der Waals surface area (Å²) in [5.74, 6) is 0. The summed E-state index contributed by atoms with van der Waals surface area (Å²) in [7, 11) is 0. The molecule has 2 aromatic heterocycles. The maximum atomic E-state index is 5.58. The van der Waals surface area contributed by atoms with Crippen LogP contribution in [0, 0.1) is 13.8 Å². The molecular weight excluding hydrogens is 206 g/mol. The number of hydrogen-bond acceptors (Lipinski definition) is 4. The smallest absolute Gasteiger partial charge is 0.107 e. The second-order valence-electron chi connectivity index (χ2n) is 3.41. The predicted molar refractivity (Wildman–Crippen MR) is 62.7 cm³/mol. The van der Waals surface area contributed by atoms with Crippen LogP contribution in [-0.4, -0.2) is 9.97 Å². The van der Waals surface area contributed by atoms with Crippen molar-refractivity contribution >= 4 is 11.3 Å². The number of nitrogens with zero attached hydrogens (tertiary/aromatic N) is 2. The highest BCUT2D eigenvalue weighted by atomic mass is 32.1. The fraction of sp³-hybridized carbons (Fsp3) is 0.273. The fourth-order valence-corrected chi connectivity index (χ4v) is 2.43. The zero-order valence-corrected chi connectivity index (χ0v) is 9.64. The number of pyridine rings is 1. The van der Waals surface area contributed by atoms with Crippen LogP contribution in [0.25, 0.3) is 10.4 Å². The van der Waals surface area contributed by atoms with Gasteiger partial charge >= 0.3 is 0 Å². The number of rotatable bonds is 2. The average molecular weight is 219 g/mol. The van der Waals surface area contributed by atoms with Crippen LogP contribution in [0.5, 0.6) is 0 Å². The molecule has 15 heavy (non-hydrogen) atoms. The Labute approximate surface area is 93.0 Å². The predicted octanol–water partition coefficient (Wildman–Crippen LogP) is 2.28. The molecule has 0 aliphatic carbocycles. The lowest BCUT2D eigenvalue weighted by Crippen LogP contribution is -1.94. The van der Waals surface area contributed by atoms with Crippen LogP contribution >= 0.6 is 11.3 Å². The van der Waals surface area contributed by atoms with E-state index < -0.39 is 0 Å². The van der Waals surface area contributed by atoms with E-state index in [2.05, 4.69) is 16.0 Å². The molecule has 0 aromatic carbocycles. The maximum Gasteiger partial charge on any atom is 0.107 e. The minimum absolute atomic E-state index is 0.509. The third kappa shape index (κ3) is 2.06. The molecule has 0 unspecified atom stereocenters. The van der Waals surface area contributed by atoms with Gasteiger partial charge in [0, 0.05) is 18.4 Å². The largest absolute Gasteiger partial charge is 0.325 e. The molecule has 3 nitrogen and oxygen atoms in total. The van der Waals surface area contributed by atoms with Crippen LogP contribution < -0.4 is 5.73 Å². The van der Waals surface area contributed by atoms with Crippen LogP contribution in [0.3, 0.4) is 0 Å². The lowest BCUT2D eigenvalue weighted by molar-refractivity contribution is 1.02. The van der Waals surface area contributed by atoms with Gasteiger partial charge in [-0.3, -0.25) is 4.98 Å². The highest BCUT2D eigenvalue weighted by Crippen LogP contribution is 2.29. The van der Waals surface area contributed by atoms with Gasteiger partial charge in [-0.1, -0.05) is 0 Å². The van der Waals surface area contributed by atoms with Crippen molar-refractivity contribution in [1.29, 1.82) is 0 Å². The Hall–Kier alpha value is -1.26. The lowest BCUT2D eigenvalue weighted by Gasteiger charge is -1.98. The second-order valence-corrected chi connectivity index (χ2v) is 4.50. The molecule has 0 bridgehead atoms. The van der Waals surface area contributed by atoms with Gasteiger partial charge in [-0.2, -0.15) is 0 Å². The molecule has 0 atom stereocenters. The van der Waals surface area contributed by atoms with Crippen LogP contribution in [0.4, 0.5) is 0 Å². The summed E-state index contributed by atoms with van der Waals surface area (Å²) >= 11 is 1.66. The summed E-state index contributed by atoms with van der Waals surface area (Å²) in [5.41, 5.74) is 8.82. The number of aromatic nitrogens is 2. The van der Waals surface area contributed by atoms with E-state index in [9.17, 15) is 0 Å². The summed E-state index contributed by atoms with van der Waals surface area (Å²) < 4.78 is 0. The van der Waals surface area contributed by atoms with Crippen molar-refractivity contribution in [2.24, 2.45) is 5.73 Å². The average Bonchev–Trinajstić information content (AvgIpc) is 2.60. The molecule has 0 fully saturated rings. The summed E-state index contributed by atoms with van der Waals surface area (Å²) in [6, 6.07) is 4.08. The highest BCUT2D eigenvalue weighted by Gasteiger charge is 2.08. The number of aryl methyl sites for hydroxylation is 2. The molecule has 0 saturated heterocycles. The van der Waals surface area contributed by atoms with Gasteiger partial charge in [0.25, 0.3) is 0 Å². The van der Waals surface area contributed by atoms with Crippen molar-refractivity contribution in [3.63, 3.8) is 0 Å². The molecule has 2 N–H and O–H groups in total. The first-order valence-electron chi connectivity index (χ1n) is 4.80. The lowest BCUT2D eigenvalue weighted by atomic mass is 10.2. The Morgan fingerprint density at radius 3 is 2.80 bits per heavy atom. The van der Waals surface area contributed by atoms with Crippen LogP contribution in [0.15, 0.2) is 18.3 Å². The summed E-state index contributed by atoms with van der Waals surface area (Å²) in [6.07, 6.45) is 1.83. The van der Waals surface area contributed by atoms with Crippen molar-refractivity contribution < 1.29 is 0 Å². The molecule has 0 aliphatic rings. The van der Waals surface area contributed by atoms with Crippen molar-refractivity contribution in [1.82, 2.24) is 9.97 Å². The summed E-state index contributed by atoms with van der Waals surface area (Å²) in [4.78, 5) is 9.79. The highest BCUT2D eigenvalue weighted by molar-refractivity contribution is 7.15. The Balaban J connectivity index is 2.48. The molecule has 4 heteroatoms. The van der Waals surface area contributed by atoms with E-state index in [1.807, 2.05) is 26.1 Å². The van der Waals surface area contributed by atoms with Crippen LogP contribution in [0.1, 0.15) is 16.4 Å². The first-order valence-corrected chi connectivity index (χ1v) is 5.61. The zero-order valence-electron chi connectivity index (χ0n) is 8.82. The maximum absolute atomic E-state index is 5.58. The molecular formula is C11H13N3S. The van der Waals surface area contributed by atoms with E-state index in [4.69, 9.17) is 5.73 Å². The Bertz CT molecular complexity index is 476. The van der Waals surface area contributed by atoms with Crippen LogP contribution in [-0.2, 0) is 6.54 Å². The molecule has 0 amide bonds. The number of hydrogen-bond donors (Lipinski definition) is 1. The van der Waals surface area contributed by atoms with Crippen molar-refractivity contribution in [2.75, 3.05) is 0 Å². The summed E-state index contributed by atoms with van der Waals surface area (Å²) in [6.45, 7) is 4.51. The monoisotopic (exact) mass is 219 g/mol. The number of nitrogens with two attached hydrogens (primary N) is 1. The minimum Gasteiger partial charge on any atom is -0.325 e. The van der Waals surface area contributed by atoms with Crippen molar-refractivity contribution in [3.05, 3.63) is 34.7 Å². The fourth-order valence-electron chi connectivity index (χ4n) is 1.49. The van der Waals surface area contributed by atoms with E-state index in [1.54, 1.807) is 11.3 Å². The third-order valence-electron chi connectivity index (χ3n) is 2.17. The Morgan fingerprint density at radius 1 is 1.40 bits per heavy atom. The first-order chi connectivity index (χ1) is 7.20. The van der Waals surface area contributed by atoms with Gasteiger partial charge in [0.05, 0.1) is 10.6 Å². The molecule has 0 radical (unpaired) electrons. The van der Waals surface area contributed by atoms with Gasteiger partial charge in [-0.25, -0.2) is 4.98 Å². The number of thiazole rings is 1. The standard InChI is InChI=1S/C11H13N3S/c1-7-5-9(3-4-13-7)11-8(2)14-10(6-12)15-11/h3-5H,6,12H2,1-2H3. The normalized spacial score (nSPS) is 10.6. The van der Waals surface area contributed by atoms with E-state index in [0.29, 0.717) is 6.54 Å². The Kier molecular flexibility index (Phi) is 2.79. The van der Waals surface area contributed by atoms with Gasteiger partial charge in [0.1, 0.15) is 5.01 Å². The molecule has 0 spiro atoms. The minimum atomic E-state index is 0.509. The quantitative estimate of drug-likeness (QED) is 0.843. The van der Waals surface area contributed by atoms with Gasteiger partial charge < -0.3 is 5.73 Å². The van der Waals surface area contributed by atoms with Gasteiger partial charge in [0.2, 0.25) is 0 Å². The van der Waals surface area contributed by atoms with E-state index in [-0.39, 0.29) is 0 Å². The third-order valence-corrected chi connectivity index (χ3v) is 3.40. The molecule has 2 aromatic rings. The van der Waals surface area contributed by atoms with Gasteiger partial charge in [-0.15, -0.1) is 11.3 Å². The Morgan fingerprint density at radius 2 is 2.20 bits per heavy atom. The van der Waals surface area contributed by atoms with Gasteiger partial charge in [0.15, 0.2) is 0 Å².